The second kappa shape index (κ2) is 6.65. The third-order valence-corrected chi connectivity index (χ3v) is 3.00. The van der Waals surface area contributed by atoms with E-state index in [0.29, 0.717) is 17.2 Å². The van der Waals surface area contributed by atoms with E-state index in [4.69, 9.17) is 0 Å². The average molecular weight is 308 g/mol. The van der Waals surface area contributed by atoms with Gasteiger partial charge in [0.25, 0.3) is 5.91 Å². The molecular formula is C17H13FN4O. The molecule has 23 heavy (non-hydrogen) atoms. The van der Waals surface area contributed by atoms with E-state index in [9.17, 15) is 9.18 Å². The highest BCUT2D eigenvalue weighted by molar-refractivity contribution is 6.02. The fraction of sp³-hybridized carbons (Fsp3) is 0. The number of carbonyl (C=O) groups excluding carboxylic acids is 1. The van der Waals surface area contributed by atoms with Crippen LogP contribution in [0.1, 0.15) is 10.5 Å². The van der Waals surface area contributed by atoms with Crippen LogP contribution in [0.25, 0.3) is 0 Å². The van der Waals surface area contributed by atoms with Crippen molar-refractivity contribution < 1.29 is 9.18 Å². The number of carbonyl (C=O) groups is 1. The molecule has 0 aliphatic rings. The van der Waals surface area contributed by atoms with Crippen LogP contribution in [0.3, 0.4) is 0 Å². The number of hydrogen-bond acceptors (Lipinski definition) is 4. The van der Waals surface area contributed by atoms with Gasteiger partial charge in [-0.15, -0.1) is 0 Å². The molecule has 0 spiro atoms. The highest BCUT2D eigenvalue weighted by Gasteiger charge is 2.09. The lowest BCUT2D eigenvalue weighted by Gasteiger charge is -2.07. The Balaban J connectivity index is 1.75. The summed E-state index contributed by atoms with van der Waals surface area (Å²) in [6.45, 7) is 0. The molecule has 6 heteroatoms. The maximum Gasteiger partial charge on any atom is 0.275 e. The van der Waals surface area contributed by atoms with Crippen LogP contribution >= 0.6 is 0 Å². The monoisotopic (exact) mass is 308 g/mol. The van der Waals surface area contributed by atoms with Crippen molar-refractivity contribution >= 4 is 23.1 Å². The molecule has 2 N–H and O–H groups in total. The normalized spacial score (nSPS) is 10.1. The van der Waals surface area contributed by atoms with E-state index in [-0.39, 0.29) is 17.4 Å². The van der Waals surface area contributed by atoms with Gasteiger partial charge in [-0.1, -0.05) is 24.3 Å². The SMILES string of the molecule is O=C(Nc1ccccc1)c1cncc(Nc2cccc(F)c2)n1. The third kappa shape index (κ3) is 3.88. The van der Waals surface area contributed by atoms with Crippen molar-refractivity contribution in [3.8, 4) is 0 Å². The molecule has 3 rings (SSSR count). The zero-order valence-corrected chi connectivity index (χ0v) is 12.0. The van der Waals surface area contributed by atoms with Gasteiger partial charge in [0.2, 0.25) is 0 Å². The maximum absolute atomic E-state index is 13.2. The van der Waals surface area contributed by atoms with E-state index in [0.717, 1.165) is 0 Å². The highest BCUT2D eigenvalue weighted by atomic mass is 19.1. The molecule has 2 aromatic carbocycles. The average Bonchev–Trinajstić information content (AvgIpc) is 2.56. The molecule has 1 aromatic heterocycles. The number of para-hydroxylation sites is 1. The molecule has 3 aromatic rings. The summed E-state index contributed by atoms with van der Waals surface area (Å²) in [6, 6.07) is 15.0. The second-order valence-electron chi connectivity index (χ2n) is 4.75. The minimum atomic E-state index is -0.369. The maximum atomic E-state index is 13.2. The van der Waals surface area contributed by atoms with Gasteiger partial charge in [0.1, 0.15) is 17.3 Å². The molecule has 0 atom stereocenters. The second-order valence-corrected chi connectivity index (χ2v) is 4.75. The molecule has 0 bridgehead atoms. The number of hydrogen-bond donors (Lipinski definition) is 2. The molecule has 0 radical (unpaired) electrons. The topological polar surface area (TPSA) is 66.9 Å². The van der Waals surface area contributed by atoms with Crippen molar-refractivity contribution in [3.63, 3.8) is 0 Å². The largest absolute Gasteiger partial charge is 0.339 e. The predicted molar refractivity (Wildman–Crippen MR) is 86.1 cm³/mol. The Kier molecular flexibility index (Phi) is 4.24. The summed E-state index contributed by atoms with van der Waals surface area (Å²) in [5.41, 5.74) is 1.36. The Bertz CT molecular complexity index is 824. The van der Waals surface area contributed by atoms with Gasteiger partial charge in [0.05, 0.1) is 12.4 Å². The zero-order valence-electron chi connectivity index (χ0n) is 12.0. The van der Waals surface area contributed by atoms with Gasteiger partial charge in [-0.25, -0.2) is 9.37 Å². The summed E-state index contributed by atoms with van der Waals surface area (Å²) in [4.78, 5) is 20.3. The van der Waals surface area contributed by atoms with Gasteiger partial charge in [0, 0.05) is 11.4 Å². The van der Waals surface area contributed by atoms with Crippen molar-refractivity contribution in [2.75, 3.05) is 10.6 Å². The lowest BCUT2D eigenvalue weighted by molar-refractivity contribution is 0.102. The summed E-state index contributed by atoms with van der Waals surface area (Å²) < 4.78 is 13.2. The van der Waals surface area contributed by atoms with E-state index < -0.39 is 0 Å². The van der Waals surface area contributed by atoms with Crippen LogP contribution < -0.4 is 10.6 Å². The lowest BCUT2D eigenvalue weighted by atomic mass is 10.3. The molecule has 0 unspecified atom stereocenters. The molecule has 0 aliphatic carbocycles. The molecule has 0 saturated heterocycles. The minimum Gasteiger partial charge on any atom is -0.339 e. The number of benzene rings is 2. The molecule has 1 amide bonds. The Morgan fingerprint density at radius 1 is 0.957 bits per heavy atom. The van der Waals surface area contributed by atoms with Crippen molar-refractivity contribution in [1.29, 1.82) is 0 Å². The summed E-state index contributed by atoms with van der Waals surface area (Å²) in [5, 5.41) is 5.64. The molecule has 1 heterocycles. The van der Waals surface area contributed by atoms with Crippen LogP contribution in [0.4, 0.5) is 21.6 Å². The van der Waals surface area contributed by atoms with Crippen molar-refractivity contribution in [1.82, 2.24) is 9.97 Å². The standard InChI is InChI=1S/C17H13FN4O/c18-12-5-4-8-14(9-12)20-16-11-19-10-15(22-16)17(23)21-13-6-2-1-3-7-13/h1-11H,(H,20,22)(H,21,23). The van der Waals surface area contributed by atoms with Gasteiger partial charge < -0.3 is 10.6 Å². The van der Waals surface area contributed by atoms with E-state index in [1.165, 1.54) is 24.5 Å². The van der Waals surface area contributed by atoms with Crippen LogP contribution in [0.2, 0.25) is 0 Å². The fourth-order valence-corrected chi connectivity index (χ4v) is 1.97. The first kappa shape index (κ1) is 14.6. The summed E-state index contributed by atoms with van der Waals surface area (Å²) in [5.74, 6) is -0.371. The van der Waals surface area contributed by atoms with E-state index in [2.05, 4.69) is 20.6 Å². The Labute approximate surface area is 132 Å². The molecular weight excluding hydrogens is 295 g/mol. The van der Waals surface area contributed by atoms with Gasteiger partial charge in [-0.05, 0) is 30.3 Å². The zero-order chi connectivity index (χ0) is 16.1. The van der Waals surface area contributed by atoms with Gasteiger partial charge in [-0.2, -0.15) is 0 Å². The quantitative estimate of drug-likeness (QED) is 0.772. The molecule has 0 fully saturated rings. The summed E-state index contributed by atoms with van der Waals surface area (Å²) >= 11 is 0. The molecule has 0 aliphatic heterocycles. The Morgan fingerprint density at radius 3 is 2.52 bits per heavy atom. The number of aromatic nitrogens is 2. The van der Waals surface area contributed by atoms with Crippen LogP contribution in [0.15, 0.2) is 67.0 Å². The van der Waals surface area contributed by atoms with Crippen LogP contribution in [0.5, 0.6) is 0 Å². The fourth-order valence-electron chi connectivity index (χ4n) is 1.97. The summed E-state index contributed by atoms with van der Waals surface area (Å²) in [6.07, 6.45) is 2.83. The minimum absolute atomic E-state index is 0.162. The smallest absolute Gasteiger partial charge is 0.275 e. The van der Waals surface area contributed by atoms with Crippen molar-refractivity contribution in [3.05, 3.63) is 78.5 Å². The first-order chi connectivity index (χ1) is 11.2. The number of rotatable bonds is 4. The predicted octanol–water partition coefficient (Wildman–Crippen LogP) is 3.61. The van der Waals surface area contributed by atoms with Crippen molar-refractivity contribution in [2.24, 2.45) is 0 Å². The number of anilines is 3. The van der Waals surface area contributed by atoms with Crippen LogP contribution in [0, 0.1) is 5.82 Å². The Morgan fingerprint density at radius 2 is 1.74 bits per heavy atom. The molecule has 0 saturated carbocycles. The lowest BCUT2D eigenvalue weighted by Crippen LogP contribution is -2.14. The molecule has 114 valence electrons. The first-order valence-corrected chi connectivity index (χ1v) is 6.92. The van der Waals surface area contributed by atoms with E-state index in [1.54, 1.807) is 24.3 Å². The number of amides is 1. The number of nitrogens with zero attached hydrogens (tertiary/aromatic N) is 2. The summed E-state index contributed by atoms with van der Waals surface area (Å²) in [7, 11) is 0. The highest BCUT2D eigenvalue weighted by Crippen LogP contribution is 2.15. The molecule has 5 nitrogen and oxygen atoms in total. The van der Waals surface area contributed by atoms with Gasteiger partial charge in [-0.3, -0.25) is 9.78 Å². The van der Waals surface area contributed by atoms with Gasteiger partial charge in [0.15, 0.2) is 0 Å². The van der Waals surface area contributed by atoms with Gasteiger partial charge >= 0.3 is 0 Å². The first-order valence-electron chi connectivity index (χ1n) is 6.92. The third-order valence-electron chi connectivity index (χ3n) is 3.00. The van der Waals surface area contributed by atoms with Crippen molar-refractivity contribution in [2.45, 2.75) is 0 Å². The van der Waals surface area contributed by atoms with Crippen LogP contribution in [-0.4, -0.2) is 15.9 Å². The Hall–Kier alpha value is -3.28. The van der Waals surface area contributed by atoms with E-state index >= 15 is 0 Å². The van der Waals surface area contributed by atoms with Crippen LogP contribution in [-0.2, 0) is 0 Å². The van der Waals surface area contributed by atoms with E-state index in [1.807, 2.05) is 18.2 Å². The number of nitrogens with one attached hydrogen (secondary N) is 2. The number of halogens is 1.